The Labute approximate surface area is 167 Å². The molecule has 0 bridgehead atoms. The molecule has 3 aromatic carbocycles. The fourth-order valence-corrected chi connectivity index (χ4v) is 3.24. The highest BCUT2D eigenvalue weighted by atomic mass is 35.5. The second-order valence-corrected chi connectivity index (χ2v) is 6.67. The molecule has 0 amide bonds. The Balaban J connectivity index is 1.79. The lowest BCUT2D eigenvalue weighted by Crippen LogP contribution is -2.19. The molecule has 134 valence electrons. The molecule has 1 N–H and O–H groups in total. The van der Waals surface area contributed by atoms with Gasteiger partial charge < -0.3 is 4.74 Å². The first-order chi connectivity index (χ1) is 13.2. The summed E-state index contributed by atoms with van der Waals surface area (Å²) < 4.78 is 8.36. The van der Waals surface area contributed by atoms with Crippen molar-refractivity contribution in [1.29, 1.82) is 0 Å². The van der Waals surface area contributed by atoms with Gasteiger partial charge in [-0.3, -0.25) is 5.10 Å². The van der Waals surface area contributed by atoms with Gasteiger partial charge in [-0.1, -0.05) is 72.3 Å². The van der Waals surface area contributed by atoms with Crippen LogP contribution in [-0.2, 0) is 0 Å². The van der Waals surface area contributed by atoms with E-state index in [1.54, 1.807) is 4.68 Å². The Bertz CT molecular complexity index is 1090. The lowest BCUT2D eigenvalue weighted by Gasteiger charge is -2.20. The third-order valence-electron chi connectivity index (χ3n) is 4.08. The summed E-state index contributed by atoms with van der Waals surface area (Å²) in [6.45, 7) is 0. The first kappa shape index (κ1) is 17.5. The second kappa shape index (κ2) is 7.78. The molecular weight excluding hydrogens is 378 g/mol. The van der Waals surface area contributed by atoms with E-state index in [0.29, 0.717) is 15.6 Å². The summed E-state index contributed by atoms with van der Waals surface area (Å²) >= 11 is 11.8. The Morgan fingerprint density at radius 2 is 1.52 bits per heavy atom. The maximum atomic E-state index is 6.31. The maximum absolute atomic E-state index is 6.31. The molecule has 4 rings (SSSR count). The Morgan fingerprint density at radius 1 is 0.889 bits per heavy atom. The van der Waals surface area contributed by atoms with Crippen molar-refractivity contribution in [2.75, 3.05) is 0 Å². The van der Waals surface area contributed by atoms with E-state index in [1.807, 2.05) is 84.9 Å². The summed E-state index contributed by atoms with van der Waals surface area (Å²) in [5.41, 5.74) is 1.74. The van der Waals surface area contributed by atoms with Crippen LogP contribution in [0.3, 0.4) is 0 Å². The number of para-hydroxylation sites is 1. The van der Waals surface area contributed by atoms with Gasteiger partial charge in [0.25, 0.3) is 0 Å². The van der Waals surface area contributed by atoms with Gasteiger partial charge in [0.2, 0.25) is 11.0 Å². The predicted octanol–water partition coefficient (Wildman–Crippen LogP) is 5.89. The number of ether oxygens (including phenoxy) is 1. The Hall–Kier alpha value is -2.89. The minimum atomic E-state index is -0.482. The minimum Gasteiger partial charge on any atom is -0.464 e. The van der Waals surface area contributed by atoms with Crippen molar-refractivity contribution >= 4 is 23.8 Å². The number of aromatic nitrogens is 3. The summed E-state index contributed by atoms with van der Waals surface area (Å²) in [7, 11) is 0. The van der Waals surface area contributed by atoms with Gasteiger partial charge in [-0.15, -0.1) is 0 Å². The third kappa shape index (κ3) is 3.79. The van der Waals surface area contributed by atoms with Crippen LogP contribution in [0.25, 0.3) is 11.4 Å². The molecule has 0 aliphatic heterocycles. The molecule has 1 atom stereocenters. The summed E-state index contributed by atoms with van der Waals surface area (Å²) in [5, 5.41) is 3.85. The highest BCUT2D eigenvalue weighted by Crippen LogP contribution is 2.28. The monoisotopic (exact) mass is 393 g/mol. The second-order valence-electron chi connectivity index (χ2n) is 5.90. The van der Waals surface area contributed by atoms with Crippen LogP contribution in [0.15, 0.2) is 84.9 Å². The zero-order valence-corrected chi connectivity index (χ0v) is 15.8. The topological polar surface area (TPSA) is 42.8 Å². The molecule has 6 heteroatoms. The van der Waals surface area contributed by atoms with Gasteiger partial charge in [0, 0.05) is 11.1 Å². The van der Waals surface area contributed by atoms with E-state index in [0.717, 1.165) is 16.9 Å². The van der Waals surface area contributed by atoms with Gasteiger partial charge in [0.15, 0.2) is 5.82 Å². The van der Waals surface area contributed by atoms with Crippen molar-refractivity contribution in [2.24, 2.45) is 0 Å². The molecule has 0 radical (unpaired) electrons. The molecule has 4 nitrogen and oxygen atoms in total. The molecule has 0 saturated carbocycles. The Kier molecular flexibility index (Phi) is 5.05. The molecule has 0 aliphatic carbocycles. The number of benzene rings is 3. The number of aromatic amines is 1. The van der Waals surface area contributed by atoms with Crippen LogP contribution in [0, 0.1) is 4.77 Å². The highest BCUT2D eigenvalue weighted by Gasteiger charge is 2.19. The van der Waals surface area contributed by atoms with Crippen LogP contribution in [0.5, 0.6) is 5.75 Å². The molecule has 27 heavy (non-hydrogen) atoms. The third-order valence-corrected chi connectivity index (χ3v) is 4.70. The number of nitrogens with zero attached hydrogens (tertiary/aromatic N) is 2. The van der Waals surface area contributed by atoms with Crippen LogP contribution >= 0.6 is 23.8 Å². The van der Waals surface area contributed by atoms with E-state index in [-0.39, 0.29) is 0 Å². The standard InChI is InChI=1S/C21H16ClN3OS/c22-18-14-8-7-13-17(18)19-23-21(27)25(24-19)20(15-9-3-1-4-10-15)26-16-11-5-2-6-12-16/h1-14,20H,(H,23,24,27). The first-order valence-electron chi connectivity index (χ1n) is 8.42. The summed E-state index contributed by atoms with van der Waals surface area (Å²) in [5.74, 6) is 1.34. The van der Waals surface area contributed by atoms with Crippen molar-refractivity contribution in [2.45, 2.75) is 6.23 Å². The van der Waals surface area contributed by atoms with Crippen LogP contribution in [0.2, 0.25) is 5.02 Å². The van der Waals surface area contributed by atoms with Gasteiger partial charge in [-0.25, -0.2) is 4.68 Å². The summed E-state index contributed by atoms with van der Waals surface area (Å²) in [6, 6.07) is 27.0. The predicted molar refractivity (Wildman–Crippen MR) is 110 cm³/mol. The number of nitrogens with one attached hydrogen (secondary N) is 1. The smallest absolute Gasteiger partial charge is 0.220 e. The normalized spacial score (nSPS) is 11.9. The van der Waals surface area contributed by atoms with Crippen molar-refractivity contribution < 1.29 is 4.74 Å². The lowest BCUT2D eigenvalue weighted by molar-refractivity contribution is 0.157. The average Bonchev–Trinajstić information content (AvgIpc) is 3.09. The molecular formula is C21H16ClN3OS. The molecule has 0 fully saturated rings. The van der Waals surface area contributed by atoms with Crippen LogP contribution in [0.1, 0.15) is 11.8 Å². The molecule has 4 aromatic rings. The van der Waals surface area contributed by atoms with Gasteiger partial charge in [0.1, 0.15) is 5.75 Å². The van der Waals surface area contributed by atoms with Crippen LogP contribution in [-0.4, -0.2) is 14.8 Å². The first-order valence-corrected chi connectivity index (χ1v) is 9.21. The van der Waals surface area contributed by atoms with E-state index in [9.17, 15) is 0 Å². The number of rotatable bonds is 5. The fourth-order valence-electron chi connectivity index (χ4n) is 2.78. The molecule has 1 heterocycles. The van der Waals surface area contributed by atoms with Crippen molar-refractivity contribution in [1.82, 2.24) is 14.8 Å². The molecule has 1 aromatic heterocycles. The largest absolute Gasteiger partial charge is 0.464 e. The van der Waals surface area contributed by atoms with Gasteiger partial charge in [-0.05, 0) is 36.5 Å². The molecule has 0 spiro atoms. The van der Waals surface area contributed by atoms with Gasteiger partial charge in [0.05, 0.1) is 5.02 Å². The molecule has 1 unspecified atom stereocenters. The highest BCUT2D eigenvalue weighted by molar-refractivity contribution is 7.71. The summed E-state index contributed by atoms with van der Waals surface area (Å²) in [4.78, 5) is 4.49. The van der Waals surface area contributed by atoms with E-state index in [4.69, 9.17) is 28.6 Å². The van der Waals surface area contributed by atoms with Crippen LogP contribution < -0.4 is 4.74 Å². The zero-order valence-electron chi connectivity index (χ0n) is 14.2. The van der Waals surface area contributed by atoms with E-state index in [1.165, 1.54) is 0 Å². The lowest BCUT2D eigenvalue weighted by atomic mass is 10.2. The minimum absolute atomic E-state index is 0.384. The Morgan fingerprint density at radius 3 is 2.22 bits per heavy atom. The fraction of sp³-hybridized carbons (Fsp3) is 0.0476. The van der Waals surface area contributed by atoms with Gasteiger partial charge >= 0.3 is 0 Å². The van der Waals surface area contributed by atoms with Crippen molar-refractivity contribution in [3.63, 3.8) is 0 Å². The van der Waals surface area contributed by atoms with Crippen LogP contribution in [0.4, 0.5) is 0 Å². The maximum Gasteiger partial charge on any atom is 0.220 e. The number of H-pyrrole nitrogens is 1. The van der Waals surface area contributed by atoms with E-state index >= 15 is 0 Å². The molecule has 0 aliphatic rings. The van der Waals surface area contributed by atoms with Crippen molar-refractivity contribution in [3.8, 4) is 17.1 Å². The quantitative estimate of drug-likeness (QED) is 0.430. The summed E-state index contributed by atoms with van der Waals surface area (Å²) in [6.07, 6.45) is -0.482. The average molecular weight is 394 g/mol. The van der Waals surface area contributed by atoms with E-state index < -0.39 is 6.23 Å². The van der Waals surface area contributed by atoms with Gasteiger partial charge in [-0.2, -0.15) is 4.98 Å². The molecule has 0 saturated heterocycles. The number of hydrogen-bond donors (Lipinski definition) is 1. The zero-order chi connectivity index (χ0) is 18.6. The van der Waals surface area contributed by atoms with Crippen molar-refractivity contribution in [3.05, 3.63) is 100 Å². The SMILES string of the molecule is S=c1nc(-c2ccccc2Cl)[nH]n1C(Oc1ccccc1)c1ccccc1. The van der Waals surface area contributed by atoms with E-state index in [2.05, 4.69) is 10.1 Å². The number of halogens is 1. The number of hydrogen-bond acceptors (Lipinski definition) is 3.